The van der Waals surface area contributed by atoms with E-state index in [9.17, 15) is 9.59 Å². The van der Waals surface area contributed by atoms with E-state index < -0.39 is 6.04 Å². The number of hydrogen-bond acceptors (Lipinski definition) is 2. The van der Waals surface area contributed by atoms with Gasteiger partial charge in [-0.1, -0.05) is 103 Å². The molecule has 0 aromatic heterocycles. The standard InChI is InChI=1S/C30H35ClN2O2/c1-4-5-15-32-30(35)28(19-24-11-7-6-8-12-24)33(21-26-13-9-10-14-27(26)31)29(34)20-25-17-22(2)16-23(3)18-25/h6-14,16-18,28H,4-5,15,19-21H2,1-3H3,(H,32,35). The van der Waals surface area contributed by atoms with Crippen molar-refractivity contribution >= 4 is 23.4 Å². The number of benzene rings is 3. The van der Waals surface area contributed by atoms with Crippen LogP contribution in [0.1, 0.15) is 47.6 Å². The van der Waals surface area contributed by atoms with Crippen molar-refractivity contribution in [1.82, 2.24) is 10.2 Å². The van der Waals surface area contributed by atoms with E-state index >= 15 is 0 Å². The maximum absolute atomic E-state index is 13.8. The van der Waals surface area contributed by atoms with Crippen LogP contribution in [0.25, 0.3) is 0 Å². The zero-order chi connectivity index (χ0) is 25.2. The molecule has 0 aliphatic rings. The highest BCUT2D eigenvalue weighted by Gasteiger charge is 2.30. The van der Waals surface area contributed by atoms with Crippen LogP contribution in [0, 0.1) is 13.8 Å². The Labute approximate surface area is 214 Å². The van der Waals surface area contributed by atoms with E-state index in [-0.39, 0.29) is 24.8 Å². The van der Waals surface area contributed by atoms with Gasteiger partial charge in [0.15, 0.2) is 0 Å². The third-order valence-electron chi connectivity index (χ3n) is 6.04. The van der Waals surface area contributed by atoms with E-state index in [0.717, 1.165) is 40.7 Å². The second kappa shape index (κ2) is 13.1. The first-order chi connectivity index (χ1) is 16.9. The first kappa shape index (κ1) is 26.5. The molecule has 184 valence electrons. The lowest BCUT2D eigenvalue weighted by atomic mass is 10.00. The largest absolute Gasteiger partial charge is 0.354 e. The lowest BCUT2D eigenvalue weighted by Gasteiger charge is -2.32. The van der Waals surface area contributed by atoms with Crippen LogP contribution in [-0.2, 0) is 29.0 Å². The maximum Gasteiger partial charge on any atom is 0.243 e. The molecule has 1 atom stereocenters. The smallest absolute Gasteiger partial charge is 0.243 e. The summed E-state index contributed by atoms with van der Waals surface area (Å²) in [7, 11) is 0. The Morgan fingerprint density at radius 1 is 0.914 bits per heavy atom. The molecule has 5 heteroatoms. The number of rotatable bonds is 11. The molecular weight excluding hydrogens is 456 g/mol. The summed E-state index contributed by atoms with van der Waals surface area (Å²) in [4.78, 5) is 29.0. The number of halogens is 1. The summed E-state index contributed by atoms with van der Waals surface area (Å²) in [5, 5.41) is 3.64. The monoisotopic (exact) mass is 490 g/mol. The Balaban J connectivity index is 1.97. The average molecular weight is 491 g/mol. The fraction of sp³-hybridized carbons (Fsp3) is 0.333. The first-order valence-corrected chi connectivity index (χ1v) is 12.7. The van der Waals surface area contributed by atoms with E-state index in [2.05, 4.69) is 18.3 Å². The third kappa shape index (κ3) is 7.97. The van der Waals surface area contributed by atoms with Gasteiger partial charge in [-0.15, -0.1) is 0 Å². The number of amides is 2. The van der Waals surface area contributed by atoms with Crippen LogP contribution in [0.2, 0.25) is 5.02 Å². The summed E-state index contributed by atoms with van der Waals surface area (Å²) in [5.74, 6) is -0.232. The molecule has 0 bridgehead atoms. The van der Waals surface area contributed by atoms with Crippen molar-refractivity contribution in [2.24, 2.45) is 0 Å². The number of hydrogen-bond donors (Lipinski definition) is 1. The predicted molar refractivity (Wildman–Crippen MR) is 143 cm³/mol. The quantitative estimate of drug-likeness (QED) is 0.332. The van der Waals surface area contributed by atoms with Crippen LogP contribution in [0.3, 0.4) is 0 Å². The minimum Gasteiger partial charge on any atom is -0.354 e. The highest BCUT2D eigenvalue weighted by Crippen LogP contribution is 2.22. The third-order valence-corrected chi connectivity index (χ3v) is 6.40. The number of nitrogens with zero attached hydrogens (tertiary/aromatic N) is 1. The number of carbonyl (C=O) groups is 2. The summed E-state index contributed by atoms with van der Waals surface area (Å²) >= 11 is 6.48. The van der Waals surface area contributed by atoms with Gasteiger partial charge in [-0.05, 0) is 43.0 Å². The topological polar surface area (TPSA) is 49.4 Å². The molecule has 3 aromatic carbocycles. The van der Waals surface area contributed by atoms with Gasteiger partial charge < -0.3 is 10.2 Å². The van der Waals surface area contributed by atoms with Gasteiger partial charge in [0.2, 0.25) is 11.8 Å². The van der Waals surface area contributed by atoms with Crippen LogP contribution >= 0.6 is 11.6 Å². The minimum atomic E-state index is -0.649. The van der Waals surface area contributed by atoms with Gasteiger partial charge in [0.1, 0.15) is 6.04 Å². The Bertz CT molecular complexity index is 1110. The molecule has 3 aromatic rings. The molecule has 0 saturated heterocycles. The Kier molecular flexibility index (Phi) is 9.92. The van der Waals surface area contributed by atoms with Crippen LogP contribution in [0.5, 0.6) is 0 Å². The Hall–Kier alpha value is -3.11. The van der Waals surface area contributed by atoms with Crippen LogP contribution in [-0.4, -0.2) is 29.3 Å². The first-order valence-electron chi connectivity index (χ1n) is 12.3. The summed E-state index contributed by atoms with van der Waals surface area (Å²) in [5.41, 5.74) is 5.00. The molecule has 2 amide bonds. The molecular formula is C30H35ClN2O2. The Morgan fingerprint density at radius 2 is 1.57 bits per heavy atom. The number of nitrogens with one attached hydrogen (secondary N) is 1. The zero-order valence-electron chi connectivity index (χ0n) is 20.9. The van der Waals surface area contributed by atoms with Crippen molar-refractivity contribution in [3.05, 3.63) is 106 Å². The van der Waals surface area contributed by atoms with Crippen LogP contribution < -0.4 is 5.32 Å². The fourth-order valence-electron chi connectivity index (χ4n) is 4.32. The molecule has 0 aliphatic carbocycles. The highest BCUT2D eigenvalue weighted by molar-refractivity contribution is 6.31. The van der Waals surface area contributed by atoms with E-state index in [4.69, 9.17) is 11.6 Å². The van der Waals surface area contributed by atoms with Gasteiger partial charge in [-0.25, -0.2) is 0 Å². The zero-order valence-corrected chi connectivity index (χ0v) is 21.6. The molecule has 0 aliphatic heterocycles. The van der Waals surface area contributed by atoms with Gasteiger partial charge in [0.05, 0.1) is 6.42 Å². The van der Waals surface area contributed by atoms with E-state index in [0.29, 0.717) is 18.0 Å². The lowest BCUT2D eigenvalue weighted by Crippen LogP contribution is -2.51. The second-order valence-corrected chi connectivity index (χ2v) is 9.54. The molecule has 0 fully saturated rings. The molecule has 1 N–H and O–H groups in total. The molecule has 0 spiro atoms. The molecule has 1 unspecified atom stereocenters. The highest BCUT2D eigenvalue weighted by atomic mass is 35.5. The van der Waals surface area contributed by atoms with Crippen LogP contribution in [0.4, 0.5) is 0 Å². The molecule has 0 saturated carbocycles. The normalized spacial score (nSPS) is 11.7. The lowest BCUT2D eigenvalue weighted by molar-refractivity contribution is -0.140. The fourth-order valence-corrected chi connectivity index (χ4v) is 4.51. The maximum atomic E-state index is 13.8. The number of unbranched alkanes of at least 4 members (excludes halogenated alkanes) is 1. The van der Waals surface area contributed by atoms with Crippen molar-refractivity contribution in [1.29, 1.82) is 0 Å². The van der Waals surface area contributed by atoms with Crippen molar-refractivity contribution in [2.45, 2.75) is 59.0 Å². The van der Waals surface area contributed by atoms with Crippen molar-refractivity contribution in [3.63, 3.8) is 0 Å². The molecule has 3 rings (SSSR count). The van der Waals surface area contributed by atoms with E-state index in [1.165, 1.54) is 0 Å². The Morgan fingerprint density at radius 3 is 2.23 bits per heavy atom. The second-order valence-electron chi connectivity index (χ2n) is 9.14. The average Bonchev–Trinajstić information content (AvgIpc) is 2.82. The van der Waals surface area contributed by atoms with Gasteiger partial charge >= 0.3 is 0 Å². The molecule has 0 heterocycles. The molecule has 0 radical (unpaired) electrons. The van der Waals surface area contributed by atoms with Gasteiger partial charge in [0.25, 0.3) is 0 Å². The van der Waals surface area contributed by atoms with Crippen molar-refractivity contribution in [2.75, 3.05) is 6.54 Å². The summed E-state index contributed by atoms with van der Waals surface area (Å²) in [6.45, 7) is 7.00. The number of aryl methyl sites for hydroxylation is 2. The van der Waals surface area contributed by atoms with Gasteiger partial charge in [-0.2, -0.15) is 0 Å². The molecule has 4 nitrogen and oxygen atoms in total. The summed E-state index contributed by atoms with van der Waals surface area (Å²) < 4.78 is 0. The number of carbonyl (C=O) groups excluding carboxylic acids is 2. The summed E-state index contributed by atoms with van der Waals surface area (Å²) in [6.07, 6.45) is 2.53. The predicted octanol–water partition coefficient (Wildman–Crippen LogP) is 6.06. The van der Waals surface area contributed by atoms with Crippen molar-refractivity contribution < 1.29 is 9.59 Å². The summed E-state index contributed by atoms with van der Waals surface area (Å²) in [6, 6.07) is 22.9. The van der Waals surface area contributed by atoms with E-state index in [1.807, 2.05) is 80.6 Å². The van der Waals surface area contributed by atoms with Gasteiger partial charge in [0, 0.05) is 24.5 Å². The minimum absolute atomic E-state index is 0.0958. The molecule has 35 heavy (non-hydrogen) atoms. The van der Waals surface area contributed by atoms with Crippen molar-refractivity contribution in [3.8, 4) is 0 Å². The van der Waals surface area contributed by atoms with Crippen LogP contribution in [0.15, 0.2) is 72.8 Å². The SMILES string of the molecule is CCCCNC(=O)C(Cc1ccccc1)N(Cc1ccccc1Cl)C(=O)Cc1cc(C)cc(C)c1. The van der Waals surface area contributed by atoms with Gasteiger partial charge in [-0.3, -0.25) is 9.59 Å². The van der Waals surface area contributed by atoms with E-state index in [1.54, 1.807) is 4.90 Å².